The minimum Gasteiger partial charge on any atom is -0.398 e. The number of hydrogen-bond donors (Lipinski definition) is 2. The summed E-state index contributed by atoms with van der Waals surface area (Å²) < 4.78 is 0. The lowest BCUT2D eigenvalue weighted by molar-refractivity contribution is -0.384. The fourth-order valence-electron chi connectivity index (χ4n) is 1.02. The Hall–Kier alpha value is -1.88. The molecule has 1 aromatic rings. The number of rotatable bonds is 3. The average molecular weight is 193 g/mol. The molecule has 0 aliphatic carbocycles. The predicted octanol–water partition coefficient (Wildman–Crippen LogP) is 1.15. The van der Waals surface area contributed by atoms with Gasteiger partial charge in [-0.05, 0) is 6.07 Å². The highest BCUT2D eigenvalue weighted by molar-refractivity contribution is 5.67. The molecule has 4 N–H and O–H groups in total. The Balaban J connectivity index is 3.08. The number of hydrogen-bond acceptors (Lipinski definition) is 4. The maximum absolute atomic E-state index is 10.5. The second-order valence-electron chi connectivity index (χ2n) is 2.71. The third-order valence-electron chi connectivity index (χ3n) is 1.71. The van der Waals surface area contributed by atoms with Gasteiger partial charge in [-0.2, -0.15) is 0 Å². The summed E-state index contributed by atoms with van der Waals surface area (Å²) in [5.74, 6) is 0. The molecule has 1 rings (SSSR count). The normalized spacial score (nSPS) is 10.6. The van der Waals surface area contributed by atoms with Gasteiger partial charge in [-0.15, -0.1) is 0 Å². The number of benzene rings is 1. The number of nitro benzene ring substituents is 1. The highest BCUT2D eigenvalue weighted by atomic mass is 16.6. The van der Waals surface area contributed by atoms with Crippen molar-refractivity contribution in [2.45, 2.75) is 0 Å². The zero-order valence-electron chi connectivity index (χ0n) is 7.51. The van der Waals surface area contributed by atoms with Gasteiger partial charge in [-0.25, -0.2) is 0 Å². The van der Waals surface area contributed by atoms with Crippen molar-refractivity contribution >= 4 is 17.5 Å². The zero-order chi connectivity index (χ0) is 10.6. The minimum atomic E-state index is -0.459. The Bertz CT molecular complexity index is 374. The summed E-state index contributed by atoms with van der Waals surface area (Å²) in [4.78, 5) is 10.00. The summed E-state index contributed by atoms with van der Waals surface area (Å²) in [7, 11) is 0. The van der Waals surface area contributed by atoms with Crippen molar-refractivity contribution in [2.24, 2.45) is 5.73 Å². The van der Waals surface area contributed by atoms with Crippen LogP contribution in [-0.4, -0.2) is 11.5 Å². The van der Waals surface area contributed by atoms with Crippen LogP contribution in [0.1, 0.15) is 5.56 Å². The van der Waals surface area contributed by atoms with Crippen molar-refractivity contribution in [1.82, 2.24) is 0 Å². The number of non-ortho nitro benzene ring substituents is 1. The van der Waals surface area contributed by atoms with Gasteiger partial charge in [-0.1, -0.05) is 12.2 Å². The molecule has 74 valence electrons. The van der Waals surface area contributed by atoms with E-state index in [0.29, 0.717) is 17.8 Å². The van der Waals surface area contributed by atoms with Gasteiger partial charge in [-0.3, -0.25) is 10.1 Å². The second kappa shape index (κ2) is 4.38. The SMILES string of the molecule is NCC=Cc1cc([N+](=O)[O-])ccc1N. The molecule has 0 spiro atoms. The molecule has 0 heterocycles. The monoisotopic (exact) mass is 193 g/mol. The molecule has 0 bridgehead atoms. The lowest BCUT2D eigenvalue weighted by Crippen LogP contribution is -1.95. The van der Waals surface area contributed by atoms with Crippen LogP contribution < -0.4 is 11.5 Å². The van der Waals surface area contributed by atoms with E-state index in [2.05, 4.69) is 0 Å². The molecule has 1 aromatic carbocycles. The standard InChI is InChI=1S/C9H11N3O2/c10-5-1-2-7-6-8(12(13)14)3-4-9(7)11/h1-4,6H,5,10-11H2. The summed E-state index contributed by atoms with van der Waals surface area (Å²) >= 11 is 0. The minimum absolute atomic E-state index is 0.0240. The number of anilines is 1. The molecule has 0 radical (unpaired) electrons. The lowest BCUT2D eigenvalue weighted by Gasteiger charge is -1.99. The van der Waals surface area contributed by atoms with Crippen LogP contribution in [0.3, 0.4) is 0 Å². The molecule has 0 atom stereocenters. The largest absolute Gasteiger partial charge is 0.398 e. The fraction of sp³-hybridized carbons (Fsp3) is 0.111. The third-order valence-corrected chi connectivity index (χ3v) is 1.71. The number of nitrogens with zero attached hydrogens (tertiary/aromatic N) is 1. The summed E-state index contributed by atoms with van der Waals surface area (Å²) in [6, 6.07) is 4.30. The van der Waals surface area contributed by atoms with Crippen LogP contribution in [0.4, 0.5) is 11.4 Å². The number of nitrogens with two attached hydrogens (primary N) is 2. The fourth-order valence-corrected chi connectivity index (χ4v) is 1.02. The Morgan fingerprint density at radius 2 is 2.21 bits per heavy atom. The van der Waals surface area contributed by atoms with Gasteiger partial charge >= 0.3 is 0 Å². The van der Waals surface area contributed by atoms with E-state index in [4.69, 9.17) is 11.5 Å². The van der Waals surface area contributed by atoms with E-state index in [9.17, 15) is 10.1 Å². The van der Waals surface area contributed by atoms with E-state index in [0.717, 1.165) is 0 Å². The quantitative estimate of drug-likeness (QED) is 0.427. The smallest absolute Gasteiger partial charge is 0.270 e. The van der Waals surface area contributed by atoms with Crippen LogP contribution >= 0.6 is 0 Å². The van der Waals surface area contributed by atoms with Crippen molar-refractivity contribution in [3.63, 3.8) is 0 Å². The third kappa shape index (κ3) is 2.30. The van der Waals surface area contributed by atoms with Crippen molar-refractivity contribution in [2.75, 3.05) is 12.3 Å². The molecule has 5 heteroatoms. The van der Waals surface area contributed by atoms with Crippen molar-refractivity contribution < 1.29 is 4.92 Å². The van der Waals surface area contributed by atoms with Crippen molar-refractivity contribution in [3.05, 3.63) is 40.0 Å². The lowest BCUT2D eigenvalue weighted by atomic mass is 10.1. The highest BCUT2D eigenvalue weighted by Gasteiger charge is 2.06. The molecule has 5 nitrogen and oxygen atoms in total. The predicted molar refractivity (Wildman–Crippen MR) is 55.6 cm³/mol. The van der Waals surface area contributed by atoms with Crippen molar-refractivity contribution in [1.29, 1.82) is 0 Å². The average Bonchev–Trinajstić information content (AvgIpc) is 2.16. The Morgan fingerprint density at radius 1 is 1.50 bits per heavy atom. The topological polar surface area (TPSA) is 95.2 Å². The number of nitro groups is 1. The van der Waals surface area contributed by atoms with Crippen LogP contribution in [-0.2, 0) is 0 Å². The summed E-state index contributed by atoms with van der Waals surface area (Å²) in [5, 5.41) is 10.5. The summed E-state index contributed by atoms with van der Waals surface area (Å²) in [6.45, 7) is 0.377. The summed E-state index contributed by atoms with van der Waals surface area (Å²) in [5.41, 5.74) is 12.0. The first-order chi connectivity index (χ1) is 6.65. The molecule has 0 unspecified atom stereocenters. The number of nitrogen functional groups attached to an aromatic ring is 1. The van der Waals surface area contributed by atoms with Gasteiger partial charge in [0.1, 0.15) is 0 Å². The molecular weight excluding hydrogens is 182 g/mol. The molecule has 0 aliphatic heterocycles. The molecule has 0 aromatic heterocycles. The van der Waals surface area contributed by atoms with Gasteiger partial charge in [0.15, 0.2) is 0 Å². The maximum Gasteiger partial charge on any atom is 0.270 e. The van der Waals surface area contributed by atoms with Crippen LogP contribution in [0.15, 0.2) is 24.3 Å². The summed E-state index contributed by atoms with van der Waals surface area (Å²) in [6.07, 6.45) is 3.36. The van der Waals surface area contributed by atoms with Crippen LogP contribution in [0.2, 0.25) is 0 Å². The molecule has 0 fully saturated rings. The van der Waals surface area contributed by atoms with Crippen LogP contribution in [0, 0.1) is 10.1 Å². The molecular formula is C9H11N3O2. The van der Waals surface area contributed by atoms with Crippen molar-refractivity contribution in [3.8, 4) is 0 Å². The molecule has 0 aliphatic rings. The first-order valence-electron chi connectivity index (χ1n) is 4.05. The van der Waals surface area contributed by atoms with Gasteiger partial charge in [0, 0.05) is 29.9 Å². The molecule has 14 heavy (non-hydrogen) atoms. The van der Waals surface area contributed by atoms with E-state index < -0.39 is 4.92 Å². The van der Waals surface area contributed by atoms with E-state index in [-0.39, 0.29) is 5.69 Å². The van der Waals surface area contributed by atoms with E-state index in [1.54, 1.807) is 12.2 Å². The molecule has 0 saturated carbocycles. The van der Waals surface area contributed by atoms with Gasteiger partial charge in [0.2, 0.25) is 0 Å². The molecule has 0 amide bonds. The Labute approximate surface area is 81.2 Å². The van der Waals surface area contributed by atoms with Gasteiger partial charge < -0.3 is 11.5 Å². The highest BCUT2D eigenvalue weighted by Crippen LogP contribution is 2.20. The second-order valence-corrected chi connectivity index (χ2v) is 2.71. The van der Waals surface area contributed by atoms with Gasteiger partial charge in [0.25, 0.3) is 5.69 Å². The Kier molecular flexibility index (Phi) is 3.19. The molecule has 0 saturated heterocycles. The first kappa shape index (κ1) is 10.2. The zero-order valence-corrected chi connectivity index (χ0v) is 7.51. The Morgan fingerprint density at radius 3 is 2.79 bits per heavy atom. The van der Waals surface area contributed by atoms with E-state index >= 15 is 0 Å². The van der Waals surface area contributed by atoms with E-state index in [1.807, 2.05) is 0 Å². The maximum atomic E-state index is 10.5. The van der Waals surface area contributed by atoms with Gasteiger partial charge in [0.05, 0.1) is 4.92 Å². The van der Waals surface area contributed by atoms with Crippen LogP contribution in [0.5, 0.6) is 0 Å². The van der Waals surface area contributed by atoms with Crippen LogP contribution in [0.25, 0.3) is 6.08 Å². The first-order valence-corrected chi connectivity index (χ1v) is 4.05. The van der Waals surface area contributed by atoms with E-state index in [1.165, 1.54) is 18.2 Å².